The van der Waals surface area contributed by atoms with Crippen LogP contribution in [0.5, 0.6) is 5.75 Å². The molecule has 20 heavy (non-hydrogen) atoms. The summed E-state index contributed by atoms with van der Waals surface area (Å²) < 4.78 is 5.87. The number of hydrogen-bond donors (Lipinski definition) is 1. The van der Waals surface area contributed by atoms with Crippen LogP contribution in [0.2, 0.25) is 0 Å². The highest BCUT2D eigenvalue weighted by atomic mass is 16.5. The van der Waals surface area contributed by atoms with Crippen LogP contribution in [0, 0.1) is 11.3 Å². The van der Waals surface area contributed by atoms with Gasteiger partial charge in [-0.3, -0.25) is 0 Å². The van der Waals surface area contributed by atoms with Gasteiger partial charge in [-0.1, -0.05) is 18.2 Å². The SMILES string of the molecule is CNC(C)c1ccccc1OCc1ccnc(C#N)c1. The average Bonchev–Trinajstić information content (AvgIpc) is 2.52. The van der Waals surface area contributed by atoms with Crippen molar-refractivity contribution in [1.82, 2.24) is 10.3 Å². The minimum absolute atomic E-state index is 0.221. The van der Waals surface area contributed by atoms with Crippen LogP contribution in [0.4, 0.5) is 0 Å². The Morgan fingerprint density at radius 3 is 2.90 bits per heavy atom. The molecule has 4 nitrogen and oxygen atoms in total. The first-order chi connectivity index (χ1) is 9.74. The molecule has 1 N–H and O–H groups in total. The first-order valence-corrected chi connectivity index (χ1v) is 6.48. The second-order valence-electron chi connectivity index (χ2n) is 4.50. The molecule has 4 heteroatoms. The van der Waals surface area contributed by atoms with Crippen molar-refractivity contribution in [1.29, 1.82) is 5.26 Å². The Balaban J connectivity index is 2.13. The minimum atomic E-state index is 0.221. The van der Waals surface area contributed by atoms with E-state index in [2.05, 4.69) is 17.2 Å². The molecule has 0 spiro atoms. The van der Waals surface area contributed by atoms with Crippen molar-refractivity contribution in [2.24, 2.45) is 0 Å². The number of nitrogens with zero attached hydrogens (tertiary/aromatic N) is 2. The van der Waals surface area contributed by atoms with Crippen LogP contribution in [0.1, 0.15) is 29.8 Å². The third kappa shape index (κ3) is 3.34. The van der Waals surface area contributed by atoms with E-state index in [0.717, 1.165) is 16.9 Å². The van der Waals surface area contributed by atoms with E-state index >= 15 is 0 Å². The van der Waals surface area contributed by atoms with Crippen molar-refractivity contribution in [3.8, 4) is 11.8 Å². The first-order valence-electron chi connectivity index (χ1n) is 6.48. The number of ether oxygens (including phenoxy) is 1. The Bertz CT molecular complexity index is 619. The summed E-state index contributed by atoms with van der Waals surface area (Å²) in [4.78, 5) is 3.95. The topological polar surface area (TPSA) is 57.9 Å². The summed E-state index contributed by atoms with van der Waals surface area (Å²) in [6.45, 7) is 2.51. The van der Waals surface area contributed by atoms with Gasteiger partial charge in [0.05, 0.1) is 0 Å². The maximum atomic E-state index is 8.83. The Kier molecular flexibility index (Phi) is 4.70. The number of aromatic nitrogens is 1. The fourth-order valence-corrected chi connectivity index (χ4v) is 1.91. The molecule has 102 valence electrons. The van der Waals surface area contributed by atoms with E-state index in [1.165, 1.54) is 0 Å². The fraction of sp³-hybridized carbons (Fsp3) is 0.250. The number of nitriles is 1. The maximum absolute atomic E-state index is 8.83. The number of nitrogens with one attached hydrogen (secondary N) is 1. The summed E-state index contributed by atoms with van der Waals surface area (Å²) in [5.41, 5.74) is 2.45. The molecule has 1 atom stereocenters. The van der Waals surface area contributed by atoms with Gasteiger partial charge < -0.3 is 10.1 Å². The van der Waals surface area contributed by atoms with E-state index in [-0.39, 0.29) is 6.04 Å². The normalized spacial score (nSPS) is 11.7. The summed E-state index contributed by atoms with van der Waals surface area (Å²) in [7, 11) is 1.92. The van der Waals surface area contributed by atoms with Gasteiger partial charge >= 0.3 is 0 Å². The Labute approximate surface area is 119 Å². The van der Waals surface area contributed by atoms with Crippen LogP contribution in [-0.2, 0) is 6.61 Å². The summed E-state index contributed by atoms with van der Waals surface area (Å²) in [5, 5.41) is 12.0. The van der Waals surface area contributed by atoms with Crippen LogP contribution in [0.3, 0.4) is 0 Å². The molecular formula is C16H17N3O. The van der Waals surface area contributed by atoms with Crippen molar-refractivity contribution < 1.29 is 4.74 Å². The highest BCUT2D eigenvalue weighted by molar-refractivity contribution is 5.36. The number of rotatable bonds is 5. The fourth-order valence-electron chi connectivity index (χ4n) is 1.91. The van der Waals surface area contributed by atoms with Crippen molar-refractivity contribution in [2.75, 3.05) is 7.05 Å². The Morgan fingerprint density at radius 1 is 1.35 bits per heavy atom. The third-order valence-corrected chi connectivity index (χ3v) is 3.15. The summed E-state index contributed by atoms with van der Waals surface area (Å²) in [5.74, 6) is 0.852. The molecule has 0 aliphatic carbocycles. The zero-order chi connectivity index (χ0) is 14.4. The van der Waals surface area contributed by atoms with Crippen molar-refractivity contribution >= 4 is 0 Å². The van der Waals surface area contributed by atoms with Gasteiger partial charge in [0.15, 0.2) is 0 Å². The van der Waals surface area contributed by atoms with Crippen LogP contribution >= 0.6 is 0 Å². The number of pyridine rings is 1. The largest absolute Gasteiger partial charge is 0.489 e. The van der Waals surface area contributed by atoms with E-state index in [0.29, 0.717) is 12.3 Å². The number of benzene rings is 1. The lowest BCUT2D eigenvalue weighted by Gasteiger charge is -2.16. The zero-order valence-electron chi connectivity index (χ0n) is 11.6. The van der Waals surface area contributed by atoms with E-state index < -0.39 is 0 Å². The predicted octanol–water partition coefficient (Wildman–Crippen LogP) is 2.81. The molecule has 1 unspecified atom stereocenters. The van der Waals surface area contributed by atoms with Crippen molar-refractivity contribution in [2.45, 2.75) is 19.6 Å². The third-order valence-electron chi connectivity index (χ3n) is 3.15. The second kappa shape index (κ2) is 6.69. The highest BCUT2D eigenvalue weighted by Gasteiger charge is 2.09. The molecule has 0 bridgehead atoms. The molecule has 1 heterocycles. The van der Waals surface area contributed by atoms with E-state index in [1.54, 1.807) is 12.3 Å². The quantitative estimate of drug-likeness (QED) is 0.905. The zero-order valence-corrected chi connectivity index (χ0v) is 11.6. The van der Waals surface area contributed by atoms with Crippen LogP contribution in [-0.4, -0.2) is 12.0 Å². The molecule has 0 saturated carbocycles. The molecule has 0 amide bonds. The van der Waals surface area contributed by atoms with Crippen LogP contribution in [0.15, 0.2) is 42.6 Å². The molecule has 0 saturated heterocycles. The lowest BCUT2D eigenvalue weighted by atomic mass is 10.1. The van der Waals surface area contributed by atoms with Gasteiger partial charge in [-0.05, 0) is 37.7 Å². The first kappa shape index (κ1) is 14.0. The van der Waals surface area contributed by atoms with Crippen LogP contribution < -0.4 is 10.1 Å². The molecular weight excluding hydrogens is 250 g/mol. The van der Waals surface area contributed by atoms with Gasteiger partial charge in [-0.15, -0.1) is 0 Å². The van der Waals surface area contributed by atoms with Crippen molar-refractivity contribution in [3.05, 3.63) is 59.4 Å². The lowest BCUT2D eigenvalue weighted by Crippen LogP contribution is -2.13. The van der Waals surface area contributed by atoms with Gasteiger partial charge in [-0.2, -0.15) is 5.26 Å². The average molecular weight is 267 g/mol. The molecule has 2 rings (SSSR count). The van der Waals surface area contributed by atoms with E-state index in [1.807, 2.05) is 43.4 Å². The smallest absolute Gasteiger partial charge is 0.140 e. The van der Waals surface area contributed by atoms with Gasteiger partial charge in [0, 0.05) is 17.8 Å². The molecule has 0 aliphatic rings. The summed E-state index contributed by atoms with van der Waals surface area (Å²) in [6.07, 6.45) is 1.62. The van der Waals surface area contributed by atoms with Gasteiger partial charge in [0.2, 0.25) is 0 Å². The Morgan fingerprint density at radius 2 is 2.15 bits per heavy atom. The highest BCUT2D eigenvalue weighted by Crippen LogP contribution is 2.25. The van der Waals surface area contributed by atoms with Gasteiger partial charge in [0.1, 0.15) is 24.1 Å². The molecule has 2 aromatic rings. The predicted molar refractivity (Wildman–Crippen MR) is 77.2 cm³/mol. The van der Waals surface area contributed by atoms with Crippen LogP contribution in [0.25, 0.3) is 0 Å². The van der Waals surface area contributed by atoms with Gasteiger partial charge in [-0.25, -0.2) is 4.98 Å². The molecule has 0 fully saturated rings. The molecule has 0 aliphatic heterocycles. The second-order valence-corrected chi connectivity index (χ2v) is 4.50. The van der Waals surface area contributed by atoms with E-state index in [4.69, 9.17) is 10.00 Å². The summed E-state index contributed by atoms with van der Waals surface area (Å²) in [6, 6.07) is 13.8. The lowest BCUT2D eigenvalue weighted by molar-refractivity contribution is 0.300. The standard InChI is InChI=1S/C16H17N3O/c1-12(18-2)15-5-3-4-6-16(15)20-11-13-7-8-19-14(9-13)10-17/h3-9,12,18H,11H2,1-2H3. The number of hydrogen-bond acceptors (Lipinski definition) is 4. The number of para-hydroxylation sites is 1. The van der Waals surface area contributed by atoms with Crippen molar-refractivity contribution in [3.63, 3.8) is 0 Å². The summed E-state index contributed by atoms with van der Waals surface area (Å²) >= 11 is 0. The molecule has 1 aromatic carbocycles. The molecule has 0 radical (unpaired) electrons. The minimum Gasteiger partial charge on any atom is -0.489 e. The Hall–Kier alpha value is -2.38. The maximum Gasteiger partial charge on any atom is 0.140 e. The van der Waals surface area contributed by atoms with E-state index in [9.17, 15) is 0 Å². The van der Waals surface area contributed by atoms with Gasteiger partial charge in [0.25, 0.3) is 0 Å². The molecule has 1 aromatic heterocycles. The monoisotopic (exact) mass is 267 g/mol.